The number of nitrogens with zero attached hydrogens (tertiary/aromatic N) is 1. The van der Waals surface area contributed by atoms with Gasteiger partial charge in [-0.3, -0.25) is 9.52 Å². The summed E-state index contributed by atoms with van der Waals surface area (Å²) in [6.07, 6.45) is 5.37. The molecule has 0 spiro atoms. The van der Waals surface area contributed by atoms with Crippen LogP contribution in [0, 0.1) is 23.1 Å². The third-order valence-electron chi connectivity index (χ3n) is 6.41. The lowest BCUT2D eigenvalue weighted by molar-refractivity contribution is -0.127. The molecule has 5 rings (SSSR count). The summed E-state index contributed by atoms with van der Waals surface area (Å²) in [6.45, 7) is 0. The molecule has 1 aliphatic carbocycles. The number of carbonyl (C=O) groups is 1. The standard InChI is InChI=1S/C24H27FN4O3S/c1-33(31,32)29-20-10-4-15(5-11-20)17-2-3-18(22(25)13-17)12-21(14-26)28-24(30)23-16-6-8-19(27-23)9-7-16/h2-5,10-11,13,16,19,21,23,27,29H,6-9,12H2,1H3,(H,28,30)/t16?,19?,21-,23-/m0/s1. The molecule has 3 fully saturated rings. The van der Waals surface area contributed by atoms with E-state index in [-0.39, 0.29) is 18.4 Å². The van der Waals surface area contributed by atoms with Crippen molar-refractivity contribution in [3.63, 3.8) is 0 Å². The van der Waals surface area contributed by atoms with Crippen molar-refractivity contribution in [1.82, 2.24) is 10.6 Å². The van der Waals surface area contributed by atoms with Gasteiger partial charge in [-0.1, -0.05) is 24.3 Å². The highest BCUT2D eigenvalue weighted by Gasteiger charge is 2.39. The first-order valence-electron chi connectivity index (χ1n) is 11.0. The predicted octanol–water partition coefficient (Wildman–Crippen LogP) is 2.95. The third-order valence-corrected chi connectivity index (χ3v) is 7.02. The fraction of sp³-hybridized carbons (Fsp3) is 0.417. The maximum Gasteiger partial charge on any atom is 0.238 e. The van der Waals surface area contributed by atoms with Crippen LogP contribution in [0.3, 0.4) is 0 Å². The van der Waals surface area contributed by atoms with Gasteiger partial charge in [0.25, 0.3) is 0 Å². The van der Waals surface area contributed by atoms with Gasteiger partial charge in [0.2, 0.25) is 15.9 Å². The van der Waals surface area contributed by atoms with Gasteiger partial charge in [0.15, 0.2) is 0 Å². The molecule has 2 heterocycles. The molecule has 3 N–H and O–H groups in total. The highest BCUT2D eigenvalue weighted by molar-refractivity contribution is 7.92. The molecule has 0 unspecified atom stereocenters. The summed E-state index contributed by atoms with van der Waals surface area (Å²) in [5.74, 6) is -0.352. The van der Waals surface area contributed by atoms with E-state index in [1.54, 1.807) is 36.4 Å². The number of piperidine rings is 2. The lowest BCUT2D eigenvalue weighted by Gasteiger charge is -2.42. The minimum Gasteiger partial charge on any atom is -0.339 e. The molecular weight excluding hydrogens is 443 g/mol. The number of carbonyl (C=O) groups excluding carboxylic acids is 1. The van der Waals surface area contributed by atoms with Crippen molar-refractivity contribution >= 4 is 21.6 Å². The fourth-order valence-corrected chi connectivity index (χ4v) is 5.31. The first-order chi connectivity index (χ1) is 15.7. The smallest absolute Gasteiger partial charge is 0.238 e. The predicted molar refractivity (Wildman–Crippen MR) is 124 cm³/mol. The Morgan fingerprint density at radius 1 is 1.15 bits per heavy atom. The van der Waals surface area contributed by atoms with Crippen LogP contribution in [0.25, 0.3) is 11.1 Å². The normalized spacial score (nSPS) is 22.9. The van der Waals surface area contributed by atoms with Crippen LogP contribution in [0.5, 0.6) is 0 Å². The highest BCUT2D eigenvalue weighted by Crippen LogP contribution is 2.33. The van der Waals surface area contributed by atoms with Gasteiger partial charge in [0.1, 0.15) is 11.9 Å². The minimum atomic E-state index is -3.37. The molecule has 2 bridgehead atoms. The highest BCUT2D eigenvalue weighted by atomic mass is 32.2. The van der Waals surface area contributed by atoms with E-state index < -0.39 is 21.9 Å². The zero-order valence-corrected chi connectivity index (χ0v) is 19.2. The molecular formula is C24H27FN4O3S. The Hall–Kier alpha value is -2.96. The van der Waals surface area contributed by atoms with Crippen molar-refractivity contribution in [3.8, 4) is 17.2 Å². The number of anilines is 1. The van der Waals surface area contributed by atoms with Crippen LogP contribution in [0.2, 0.25) is 0 Å². The van der Waals surface area contributed by atoms with E-state index in [9.17, 15) is 22.9 Å². The molecule has 1 saturated carbocycles. The Morgan fingerprint density at radius 2 is 1.82 bits per heavy atom. The Labute approximate surface area is 193 Å². The van der Waals surface area contributed by atoms with E-state index in [4.69, 9.17) is 0 Å². The zero-order valence-electron chi connectivity index (χ0n) is 18.3. The minimum absolute atomic E-state index is 0.0758. The fourth-order valence-electron chi connectivity index (χ4n) is 4.75. The number of sulfonamides is 1. The van der Waals surface area contributed by atoms with E-state index in [1.807, 2.05) is 0 Å². The van der Waals surface area contributed by atoms with E-state index >= 15 is 0 Å². The van der Waals surface area contributed by atoms with Gasteiger partial charge in [-0.2, -0.15) is 5.26 Å². The van der Waals surface area contributed by atoms with Crippen molar-refractivity contribution in [2.45, 2.75) is 50.2 Å². The molecule has 2 aromatic carbocycles. The first-order valence-corrected chi connectivity index (χ1v) is 12.9. The lowest BCUT2D eigenvalue weighted by Crippen LogP contribution is -2.59. The molecule has 0 aromatic heterocycles. The van der Waals surface area contributed by atoms with Crippen LogP contribution < -0.4 is 15.4 Å². The number of fused-ring (bicyclic) bond motifs is 3. The second-order valence-electron chi connectivity index (χ2n) is 8.91. The molecule has 2 atom stereocenters. The number of nitriles is 1. The van der Waals surface area contributed by atoms with Gasteiger partial charge in [0, 0.05) is 18.2 Å². The monoisotopic (exact) mass is 470 g/mol. The van der Waals surface area contributed by atoms with Gasteiger partial charge in [0.05, 0.1) is 18.4 Å². The maximum absolute atomic E-state index is 14.8. The molecule has 174 valence electrons. The van der Waals surface area contributed by atoms with Crippen LogP contribution in [0.1, 0.15) is 31.2 Å². The topological polar surface area (TPSA) is 111 Å². The summed E-state index contributed by atoms with van der Waals surface area (Å²) in [6, 6.07) is 12.7. The first kappa shape index (κ1) is 23.2. The van der Waals surface area contributed by atoms with E-state index in [2.05, 4.69) is 21.4 Å². The largest absolute Gasteiger partial charge is 0.339 e. The van der Waals surface area contributed by atoms with Crippen molar-refractivity contribution in [2.24, 2.45) is 5.92 Å². The summed E-state index contributed by atoms with van der Waals surface area (Å²) in [5, 5.41) is 15.7. The number of benzene rings is 2. The number of halogens is 1. The second kappa shape index (κ2) is 9.49. The van der Waals surface area contributed by atoms with Crippen molar-refractivity contribution < 1.29 is 17.6 Å². The average Bonchev–Trinajstić information content (AvgIpc) is 2.80. The quantitative estimate of drug-likeness (QED) is 0.576. The van der Waals surface area contributed by atoms with Crippen LogP contribution in [0.15, 0.2) is 42.5 Å². The lowest BCUT2D eigenvalue weighted by atomic mass is 9.76. The van der Waals surface area contributed by atoms with Crippen molar-refractivity contribution in [1.29, 1.82) is 5.26 Å². The molecule has 7 nitrogen and oxygen atoms in total. The Morgan fingerprint density at radius 3 is 2.36 bits per heavy atom. The number of hydrogen-bond acceptors (Lipinski definition) is 5. The Balaban J connectivity index is 1.41. The average molecular weight is 471 g/mol. The van der Waals surface area contributed by atoms with E-state index in [0.717, 1.165) is 37.5 Å². The Bertz CT molecular complexity index is 1170. The summed E-state index contributed by atoms with van der Waals surface area (Å²) in [5.41, 5.74) is 2.12. The summed E-state index contributed by atoms with van der Waals surface area (Å²) in [7, 11) is -3.37. The third kappa shape index (κ3) is 5.70. The summed E-state index contributed by atoms with van der Waals surface area (Å²) >= 11 is 0. The van der Waals surface area contributed by atoms with Crippen LogP contribution in [0.4, 0.5) is 10.1 Å². The van der Waals surface area contributed by atoms with Crippen LogP contribution in [-0.2, 0) is 21.2 Å². The van der Waals surface area contributed by atoms with Gasteiger partial charge in [-0.05, 0) is 66.5 Å². The SMILES string of the molecule is CS(=O)(=O)Nc1ccc(-c2ccc(C[C@@H](C#N)NC(=O)[C@H]3NC4CCC3CC4)c(F)c2)cc1. The molecule has 0 radical (unpaired) electrons. The molecule has 9 heteroatoms. The van der Waals surface area contributed by atoms with Gasteiger partial charge >= 0.3 is 0 Å². The van der Waals surface area contributed by atoms with Gasteiger partial charge in [-0.25, -0.2) is 12.8 Å². The van der Waals surface area contributed by atoms with E-state index in [1.165, 1.54) is 6.07 Å². The van der Waals surface area contributed by atoms with Crippen molar-refractivity contribution in [3.05, 3.63) is 53.8 Å². The maximum atomic E-state index is 14.8. The molecule has 3 aliphatic rings. The van der Waals surface area contributed by atoms with Crippen LogP contribution >= 0.6 is 0 Å². The zero-order chi connectivity index (χ0) is 23.6. The number of amides is 1. The van der Waals surface area contributed by atoms with Gasteiger partial charge in [-0.15, -0.1) is 0 Å². The van der Waals surface area contributed by atoms with Crippen LogP contribution in [-0.4, -0.2) is 38.7 Å². The molecule has 1 amide bonds. The molecule has 33 heavy (non-hydrogen) atoms. The number of rotatable bonds is 7. The second-order valence-corrected chi connectivity index (χ2v) is 10.7. The van der Waals surface area contributed by atoms with Gasteiger partial charge < -0.3 is 10.6 Å². The number of nitrogens with one attached hydrogen (secondary N) is 3. The Kier molecular flexibility index (Phi) is 6.68. The van der Waals surface area contributed by atoms with E-state index in [0.29, 0.717) is 28.8 Å². The number of hydrogen-bond donors (Lipinski definition) is 3. The van der Waals surface area contributed by atoms with Crippen molar-refractivity contribution in [2.75, 3.05) is 11.0 Å². The summed E-state index contributed by atoms with van der Waals surface area (Å²) in [4.78, 5) is 12.7. The molecule has 2 saturated heterocycles. The molecule has 2 aliphatic heterocycles. The molecule has 2 aromatic rings. The summed E-state index contributed by atoms with van der Waals surface area (Å²) < 4.78 is 39.9.